The van der Waals surface area contributed by atoms with E-state index in [-0.39, 0.29) is 5.91 Å². The first-order valence-corrected chi connectivity index (χ1v) is 12.9. The molecule has 0 spiro atoms. The summed E-state index contributed by atoms with van der Waals surface area (Å²) in [5.74, 6) is -1.65. The fourth-order valence-corrected chi connectivity index (χ4v) is 4.10. The molecular weight excluding hydrogens is 459 g/mol. The highest BCUT2D eigenvalue weighted by atomic mass is 35.5. The maximum atomic E-state index is 12.5. The predicted molar refractivity (Wildman–Crippen MR) is 138 cm³/mol. The Morgan fingerprint density at radius 1 is 0.848 bits per heavy atom. The number of halogens is 2. The van der Waals surface area contributed by atoms with Crippen LogP contribution in [0.15, 0.2) is 24.3 Å². The molecule has 7 heteroatoms. The highest BCUT2D eigenvalue weighted by molar-refractivity contribution is 6.69. The topological polar surface area (TPSA) is 75.3 Å². The molecule has 1 rings (SSSR count). The number of ketones is 1. The van der Waals surface area contributed by atoms with Crippen LogP contribution in [0.5, 0.6) is 0 Å². The number of hydrogen-bond donors (Lipinski definition) is 2. The molecule has 33 heavy (non-hydrogen) atoms. The minimum atomic E-state index is -2.22. The lowest BCUT2D eigenvalue weighted by Gasteiger charge is -2.25. The third-order valence-corrected chi connectivity index (χ3v) is 6.14. The number of anilines is 1. The Hall–Kier alpha value is -1.59. The first-order chi connectivity index (χ1) is 15.5. The van der Waals surface area contributed by atoms with Gasteiger partial charge in [0, 0.05) is 23.2 Å². The van der Waals surface area contributed by atoms with E-state index in [1.807, 2.05) is 0 Å². The molecule has 1 aromatic carbocycles. The van der Waals surface area contributed by atoms with Crippen LogP contribution in [0.1, 0.15) is 102 Å². The summed E-state index contributed by atoms with van der Waals surface area (Å²) in [7, 11) is 0. The lowest BCUT2D eigenvalue weighted by Crippen LogP contribution is -2.45. The molecule has 0 unspecified atom stereocenters. The molecule has 0 radical (unpaired) electrons. The molecule has 0 fully saturated rings. The molecule has 5 nitrogen and oxygen atoms in total. The Labute approximate surface area is 209 Å². The summed E-state index contributed by atoms with van der Waals surface area (Å²) < 4.78 is -2.22. The molecule has 0 aliphatic rings. The Kier molecular flexibility index (Phi) is 13.0. The van der Waals surface area contributed by atoms with Gasteiger partial charge in [-0.3, -0.25) is 14.4 Å². The number of alkyl halides is 2. The van der Waals surface area contributed by atoms with Crippen LogP contribution in [0.2, 0.25) is 0 Å². The Balaban J connectivity index is 2.41. The average molecular weight is 500 g/mol. The zero-order valence-electron chi connectivity index (χ0n) is 20.6. The van der Waals surface area contributed by atoms with Gasteiger partial charge < -0.3 is 10.6 Å². The van der Waals surface area contributed by atoms with Crippen molar-refractivity contribution in [3.63, 3.8) is 0 Å². The second-order valence-corrected chi connectivity index (χ2v) is 11.0. The zero-order chi connectivity index (χ0) is 24.9. The first kappa shape index (κ1) is 29.4. The van der Waals surface area contributed by atoms with Crippen molar-refractivity contribution in [2.24, 2.45) is 5.41 Å². The van der Waals surface area contributed by atoms with Crippen LogP contribution < -0.4 is 10.6 Å². The van der Waals surface area contributed by atoms with Gasteiger partial charge in [-0.25, -0.2) is 0 Å². The minimum absolute atomic E-state index is 0.212. The van der Waals surface area contributed by atoms with Crippen molar-refractivity contribution in [1.82, 2.24) is 5.32 Å². The predicted octanol–water partition coefficient (Wildman–Crippen LogP) is 7.06. The van der Waals surface area contributed by atoms with E-state index in [4.69, 9.17) is 23.2 Å². The standard InChI is InChI=1S/C26H40Cl2N2O3/c1-5-6-7-8-9-10-11-12-13-14-18-29-22(31)20-16-15-17-21(19-20)30-24(33)26(27,28)23(32)25(2,3)4/h15-17,19H,5-14,18H2,1-4H3,(H,29,31)(H,30,33). The van der Waals surface area contributed by atoms with Crippen molar-refractivity contribution in [2.45, 2.75) is 96.2 Å². The molecule has 0 bridgehead atoms. The second-order valence-electron chi connectivity index (χ2n) is 9.63. The van der Waals surface area contributed by atoms with Gasteiger partial charge in [0.2, 0.25) is 0 Å². The van der Waals surface area contributed by atoms with E-state index in [9.17, 15) is 14.4 Å². The van der Waals surface area contributed by atoms with Crippen molar-refractivity contribution >= 4 is 46.5 Å². The summed E-state index contributed by atoms with van der Waals surface area (Å²) >= 11 is 12.1. The summed E-state index contributed by atoms with van der Waals surface area (Å²) in [5, 5.41) is 5.45. The molecule has 1 aromatic rings. The van der Waals surface area contributed by atoms with Crippen molar-refractivity contribution in [3.8, 4) is 0 Å². The molecule has 186 valence electrons. The van der Waals surface area contributed by atoms with Gasteiger partial charge in [-0.05, 0) is 24.6 Å². The van der Waals surface area contributed by atoms with Crippen molar-refractivity contribution < 1.29 is 14.4 Å². The number of benzene rings is 1. The number of hydrogen-bond acceptors (Lipinski definition) is 3. The highest BCUT2D eigenvalue weighted by Crippen LogP contribution is 2.33. The van der Waals surface area contributed by atoms with Crippen LogP contribution in [0.25, 0.3) is 0 Å². The van der Waals surface area contributed by atoms with Crippen molar-refractivity contribution in [1.29, 1.82) is 0 Å². The fraction of sp³-hybridized carbons (Fsp3) is 0.654. The second kappa shape index (κ2) is 14.6. The third-order valence-electron chi connectivity index (χ3n) is 5.45. The lowest BCUT2D eigenvalue weighted by molar-refractivity contribution is -0.131. The van der Waals surface area contributed by atoms with E-state index >= 15 is 0 Å². The lowest BCUT2D eigenvalue weighted by atomic mass is 9.88. The SMILES string of the molecule is CCCCCCCCCCCCNC(=O)c1cccc(NC(=O)C(Cl)(Cl)C(=O)C(C)(C)C)c1. The number of Topliss-reactive ketones (excluding diaryl/α,β-unsaturated/α-hetero) is 1. The summed E-state index contributed by atoms with van der Waals surface area (Å²) in [6, 6.07) is 6.47. The Morgan fingerprint density at radius 2 is 1.39 bits per heavy atom. The van der Waals surface area contributed by atoms with Crippen LogP contribution in [0, 0.1) is 5.41 Å². The summed E-state index contributed by atoms with van der Waals surface area (Å²) in [4.78, 5) is 37.3. The summed E-state index contributed by atoms with van der Waals surface area (Å²) in [5.41, 5.74) is -0.118. The molecule has 0 atom stereocenters. The number of carbonyl (C=O) groups is 3. The number of unbranched alkanes of at least 4 members (excludes halogenated alkanes) is 9. The van der Waals surface area contributed by atoms with E-state index in [0.29, 0.717) is 17.8 Å². The molecular formula is C26H40Cl2N2O3. The number of nitrogens with one attached hydrogen (secondary N) is 2. The monoisotopic (exact) mass is 498 g/mol. The molecule has 0 aliphatic carbocycles. The molecule has 2 amide bonds. The molecule has 0 heterocycles. The van der Waals surface area contributed by atoms with Gasteiger partial charge in [0.25, 0.3) is 16.1 Å². The Bertz CT molecular complexity index is 773. The van der Waals surface area contributed by atoms with E-state index in [1.165, 1.54) is 57.4 Å². The molecule has 0 aromatic heterocycles. The van der Waals surface area contributed by atoms with Crippen LogP contribution in [-0.4, -0.2) is 28.5 Å². The third kappa shape index (κ3) is 10.9. The van der Waals surface area contributed by atoms with Gasteiger partial charge >= 0.3 is 0 Å². The van der Waals surface area contributed by atoms with Crippen LogP contribution in [-0.2, 0) is 9.59 Å². The van der Waals surface area contributed by atoms with Gasteiger partial charge in [0.1, 0.15) is 0 Å². The summed E-state index contributed by atoms with van der Waals surface area (Å²) in [6.07, 6.45) is 12.4. The van der Waals surface area contributed by atoms with Crippen molar-refractivity contribution in [2.75, 3.05) is 11.9 Å². The number of amides is 2. The van der Waals surface area contributed by atoms with E-state index in [0.717, 1.165) is 12.8 Å². The number of carbonyl (C=O) groups excluding carboxylic acids is 3. The highest BCUT2D eigenvalue weighted by Gasteiger charge is 2.47. The summed E-state index contributed by atoms with van der Waals surface area (Å²) in [6.45, 7) is 7.76. The fourth-order valence-electron chi connectivity index (χ4n) is 3.44. The maximum absolute atomic E-state index is 12.5. The zero-order valence-corrected chi connectivity index (χ0v) is 22.1. The van der Waals surface area contributed by atoms with E-state index < -0.39 is 21.4 Å². The molecule has 0 saturated heterocycles. The van der Waals surface area contributed by atoms with E-state index in [1.54, 1.807) is 39.0 Å². The van der Waals surface area contributed by atoms with Crippen LogP contribution in [0.4, 0.5) is 5.69 Å². The minimum Gasteiger partial charge on any atom is -0.352 e. The Morgan fingerprint density at radius 3 is 1.94 bits per heavy atom. The average Bonchev–Trinajstić information content (AvgIpc) is 2.76. The maximum Gasteiger partial charge on any atom is 0.268 e. The molecule has 2 N–H and O–H groups in total. The van der Waals surface area contributed by atoms with Gasteiger partial charge in [0.05, 0.1) is 0 Å². The van der Waals surface area contributed by atoms with E-state index in [2.05, 4.69) is 17.6 Å². The van der Waals surface area contributed by atoms with Gasteiger partial charge in [-0.2, -0.15) is 0 Å². The molecule has 0 aliphatic heterocycles. The largest absolute Gasteiger partial charge is 0.352 e. The molecule has 0 saturated carbocycles. The first-order valence-electron chi connectivity index (χ1n) is 12.1. The number of rotatable bonds is 15. The van der Waals surface area contributed by atoms with Gasteiger partial charge in [-0.15, -0.1) is 0 Å². The van der Waals surface area contributed by atoms with Crippen LogP contribution >= 0.6 is 23.2 Å². The van der Waals surface area contributed by atoms with Gasteiger partial charge in [0.15, 0.2) is 5.78 Å². The normalized spacial score (nSPS) is 11.8. The van der Waals surface area contributed by atoms with Crippen LogP contribution in [0.3, 0.4) is 0 Å². The quantitative estimate of drug-likeness (QED) is 0.154. The smallest absolute Gasteiger partial charge is 0.268 e. The van der Waals surface area contributed by atoms with Crippen molar-refractivity contribution in [3.05, 3.63) is 29.8 Å². The van der Waals surface area contributed by atoms with Gasteiger partial charge in [-0.1, -0.05) is 115 Å².